The van der Waals surface area contributed by atoms with Gasteiger partial charge in [-0.25, -0.2) is 0 Å². The molecule has 0 bridgehead atoms. The predicted molar refractivity (Wildman–Crippen MR) is 53.4 cm³/mol. The number of phenolic OH excluding ortho intramolecular Hbond substituents is 1. The van der Waals surface area contributed by atoms with Gasteiger partial charge in [0.2, 0.25) is 0 Å². The molecular weight excluding hydrogens is 198 g/mol. The van der Waals surface area contributed by atoms with Gasteiger partial charge in [-0.1, -0.05) is 12.1 Å². The lowest BCUT2D eigenvalue weighted by Gasteiger charge is -2.09. The van der Waals surface area contributed by atoms with Gasteiger partial charge in [-0.2, -0.15) is 0 Å². The smallest absolute Gasteiger partial charge is 0.325 e. The molecule has 1 unspecified atom stereocenters. The maximum Gasteiger partial charge on any atom is 0.325 e. The van der Waals surface area contributed by atoms with E-state index in [-0.39, 0.29) is 12.4 Å². The molecule has 0 spiro atoms. The van der Waals surface area contributed by atoms with Gasteiger partial charge in [-0.05, 0) is 11.6 Å². The predicted octanol–water partition coefficient (Wildman–Crippen LogP) is 0.623. The third kappa shape index (κ3) is 2.68. The molecule has 0 aromatic heterocycles. The van der Waals surface area contributed by atoms with E-state index in [9.17, 15) is 9.90 Å². The van der Waals surface area contributed by atoms with Crippen molar-refractivity contribution >= 4 is 5.97 Å². The van der Waals surface area contributed by atoms with Gasteiger partial charge in [0.25, 0.3) is 0 Å². The molecular formula is C10H13NO4. The summed E-state index contributed by atoms with van der Waals surface area (Å²) in [6.45, 7) is 0.272. The first-order valence-corrected chi connectivity index (χ1v) is 4.35. The first-order valence-electron chi connectivity index (χ1n) is 4.35. The average molecular weight is 211 g/mol. The molecule has 0 aliphatic rings. The van der Waals surface area contributed by atoms with Gasteiger partial charge in [0, 0.05) is 12.7 Å². The van der Waals surface area contributed by atoms with Gasteiger partial charge in [-0.15, -0.1) is 0 Å². The van der Waals surface area contributed by atoms with Crippen molar-refractivity contribution in [3.8, 4) is 5.75 Å². The van der Waals surface area contributed by atoms with Crippen LogP contribution in [0.1, 0.15) is 17.2 Å². The van der Waals surface area contributed by atoms with E-state index in [4.69, 9.17) is 15.6 Å². The Morgan fingerprint density at radius 2 is 2.27 bits per heavy atom. The zero-order chi connectivity index (χ0) is 11.4. The zero-order valence-corrected chi connectivity index (χ0v) is 8.30. The fraction of sp³-hybridized carbons (Fsp3) is 0.300. The molecule has 0 aliphatic carbocycles. The number of nitrogens with two attached hydrogens (primary N) is 1. The number of phenols is 1. The standard InChI is InChI=1S/C10H13NO4/c1-15-5-7-3-2-6(4-8(7)12)9(11)10(13)14/h2-4,9,12H,5,11H2,1H3,(H,13,14). The van der Waals surface area contributed by atoms with Crippen LogP contribution in [0.4, 0.5) is 0 Å². The lowest BCUT2D eigenvalue weighted by Crippen LogP contribution is -2.20. The Morgan fingerprint density at radius 3 is 2.73 bits per heavy atom. The van der Waals surface area contributed by atoms with Crippen molar-refractivity contribution in [3.63, 3.8) is 0 Å². The summed E-state index contributed by atoms with van der Waals surface area (Å²) in [7, 11) is 1.51. The molecule has 0 amide bonds. The Morgan fingerprint density at radius 1 is 1.60 bits per heavy atom. The third-order valence-corrected chi connectivity index (χ3v) is 2.03. The van der Waals surface area contributed by atoms with Gasteiger partial charge >= 0.3 is 5.97 Å². The minimum Gasteiger partial charge on any atom is -0.508 e. The highest BCUT2D eigenvalue weighted by Gasteiger charge is 2.15. The van der Waals surface area contributed by atoms with E-state index >= 15 is 0 Å². The van der Waals surface area contributed by atoms with Crippen LogP contribution in [0.15, 0.2) is 18.2 Å². The number of ether oxygens (including phenoxy) is 1. The maximum absolute atomic E-state index is 10.6. The molecule has 1 aromatic carbocycles. The van der Waals surface area contributed by atoms with Crippen LogP contribution in [0, 0.1) is 0 Å². The lowest BCUT2D eigenvalue weighted by molar-refractivity contribution is -0.138. The van der Waals surface area contributed by atoms with Gasteiger partial charge in [0.1, 0.15) is 11.8 Å². The number of aromatic hydroxyl groups is 1. The first kappa shape index (κ1) is 11.5. The summed E-state index contributed by atoms with van der Waals surface area (Å²) in [6, 6.07) is 3.38. The summed E-state index contributed by atoms with van der Waals surface area (Å²) < 4.78 is 4.85. The second kappa shape index (κ2) is 4.77. The minimum atomic E-state index is -1.13. The summed E-state index contributed by atoms with van der Waals surface area (Å²) in [5.74, 6) is -1.14. The second-order valence-corrected chi connectivity index (χ2v) is 3.14. The van der Waals surface area contributed by atoms with Gasteiger partial charge < -0.3 is 20.7 Å². The molecule has 0 radical (unpaired) electrons. The normalized spacial score (nSPS) is 12.4. The van der Waals surface area contributed by atoms with E-state index in [0.717, 1.165) is 0 Å². The number of carboxylic acids is 1. The number of hydrogen-bond donors (Lipinski definition) is 3. The minimum absolute atomic E-state index is 0.00829. The molecule has 5 heteroatoms. The Kier molecular flexibility index (Phi) is 3.65. The number of rotatable bonds is 4. The molecule has 82 valence electrons. The van der Waals surface area contributed by atoms with Crippen molar-refractivity contribution in [1.82, 2.24) is 0 Å². The molecule has 0 heterocycles. The van der Waals surface area contributed by atoms with E-state index in [2.05, 4.69) is 0 Å². The monoisotopic (exact) mass is 211 g/mol. The fourth-order valence-corrected chi connectivity index (χ4v) is 1.19. The molecule has 15 heavy (non-hydrogen) atoms. The molecule has 0 saturated carbocycles. The van der Waals surface area contributed by atoms with Crippen LogP contribution < -0.4 is 5.73 Å². The largest absolute Gasteiger partial charge is 0.508 e. The lowest BCUT2D eigenvalue weighted by atomic mass is 10.0. The molecule has 1 aromatic rings. The van der Waals surface area contributed by atoms with Crippen molar-refractivity contribution in [2.24, 2.45) is 5.73 Å². The summed E-state index contributed by atoms with van der Waals surface area (Å²) in [5, 5.41) is 18.2. The Balaban J connectivity index is 2.95. The highest BCUT2D eigenvalue weighted by Crippen LogP contribution is 2.22. The summed E-state index contributed by atoms with van der Waals surface area (Å²) in [4.78, 5) is 10.6. The van der Waals surface area contributed by atoms with E-state index in [1.165, 1.54) is 13.2 Å². The Hall–Kier alpha value is -1.59. The number of aliphatic carboxylic acids is 1. The highest BCUT2D eigenvalue weighted by molar-refractivity contribution is 5.75. The van der Waals surface area contributed by atoms with Crippen LogP contribution in [0.5, 0.6) is 5.75 Å². The van der Waals surface area contributed by atoms with Crippen molar-refractivity contribution in [1.29, 1.82) is 0 Å². The van der Waals surface area contributed by atoms with E-state index in [1.807, 2.05) is 0 Å². The molecule has 5 nitrogen and oxygen atoms in total. The zero-order valence-electron chi connectivity index (χ0n) is 8.30. The molecule has 1 atom stereocenters. The molecule has 1 rings (SSSR count). The Labute approximate surface area is 87.1 Å². The molecule has 0 saturated heterocycles. The summed E-state index contributed by atoms with van der Waals surface area (Å²) >= 11 is 0. The average Bonchev–Trinajstić information content (AvgIpc) is 2.20. The van der Waals surface area contributed by atoms with Crippen LogP contribution in [0.2, 0.25) is 0 Å². The third-order valence-electron chi connectivity index (χ3n) is 2.03. The van der Waals surface area contributed by atoms with Crippen molar-refractivity contribution in [3.05, 3.63) is 29.3 Å². The van der Waals surface area contributed by atoms with Crippen LogP contribution in [-0.4, -0.2) is 23.3 Å². The Bertz CT molecular complexity index is 364. The summed E-state index contributed by atoms with van der Waals surface area (Å²) in [6.07, 6.45) is 0. The van der Waals surface area contributed by atoms with Crippen molar-refractivity contribution in [2.45, 2.75) is 12.6 Å². The number of carbonyl (C=O) groups is 1. The van der Waals surface area contributed by atoms with Gasteiger partial charge in [0.15, 0.2) is 0 Å². The van der Waals surface area contributed by atoms with E-state index in [1.54, 1.807) is 12.1 Å². The van der Waals surface area contributed by atoms with E-state index < -0.39 is 12.0 Å². The molecule has 0 fully saturated rings. The van der Waals surface area contributed by atoms with Crippen LogP contribution in [-0.2, 0) is 16.1 Å². The first-order chi connectivity index (χ1) is 7.06. The number of methoxy groups -OCH3 is 1. The molecule has 0 aliphatic heterocycles. The summed E-state index contributed by atoms with van der Waals surface area (Å²) in [5.41, 5.74) is 6.35. The topological polar surface area (TPSA) is 92.8 Å². The SMILES string of the molecule is COCc1ccc(C(N)C(=O)O)cc1O. The number of hydrogen-bond acceptors (Lipinski definition) is 4. The maximum atomic E-state index is 10.6. The second-order valence-electron chi connectivity index (χ2n) is 3.14. The van der Waals surface area contributed by atoms with Crippen molar-refractivity contribution in [2.75, 3.05) is 7.11 Å². The van der Waals surface area contributed by atoms with Gasteiger partial charge in [0.05, 0.1) is 6.61 Å². The fourth-order valence-electron chi connectivity index (χ4n) is 1.19. The van der Waals surface area contributed by atoms with Crippen LogP contribution >= 0.6 is 0 Å². The number of carboxylic acid groups (broad SMARTS) is 1. The van der Waals surface area contributed by atoms with Crippen molar-refractivity contribution < 1.29 is 19.7 Å². The van der Waals surface area contributed by atoms with E-state index in [0.29, 0.717) is 11.1 Å². The van der Waals surface area contributed by atoms with Crippen LogP contribution in [0.25, 0.3) is 0 Å². The highest BCUT2D eigenvalue weighted by atomic mass is 16.5. The van der Waals surface area contributed by atoms with Crippen LogP contribution in [0.3, 0.4) is 0 Å². The number of benzene rings is 1. The quantitative estimate of drug-likeness (QED) is 0.679. The van der Waals surface area contributed by atoms with Gasteiger partial charge in [-0.3, -0.25) is 4.79 Å². The molecule has 4 N–H and O–H groups in total.